The van der Waals surface area contributed by atoms with Crippen molar-refractivity contribution in [1.29, 1.82) is 0 Å². The van der Waals surface area contributed by atoms with Gasteiger partial charge in [-0.05, 0) is 25.0 Å². The highest BCUT2D eigenvalue weighted by molar-refractivity contribution is 7.89. The first kappa shape index (κ1) is 14.8. The Morgan fingerprint density at radius 3 is 2.45 bits per heavy atom. The molecule has 6 nitrogen and oxygen atoms in total. The van der Waals surface area contributed by atoms with Crippen LogP contribution in [0.15, 0.2) is 40.4 Å². The Morgan fingerprint density at radius 1 is 1.30 bits per heavy atom. The molecule has 3 N–H and O–H groups in total. The van der Waals surface area contributed by atoms with Gasteiger partial charge in [0.15, 0.2) is 5.84 Å². The Morgan fingerprint density at radius 2 is 1.90 bits per heavy atom. The van der Waals surface area contributed by atoms with Gasteiger partial charge in [-0.2, -0.15) is 4.31 Å². The van der Waals surface area contributed by atoms with Crippen molar-refractivity contribution in [2.24, 2.45) is 10.9 Å². The molecule has 0 saturated heterocycles. The zero-order valence-electron chi connectivity index (χ0n) is 11.1. The van der Waals surface area contributed by atoms with Gasteiger partial charge in [0.25, 0.3) is 0 Å². The minimum Gasteiger partial charge on any atom is -0.409 e. The number of benzene rings is 1. The van der Waals surface area contributed by atoms with Crippen molar-refractivity contribution < 1.29 is 13.6 Å². The molecular weight excluding hydrogens is 278 g/mol. The first-order valence-corrected chi connectivity index (χ1v) is 8.03. The third-order valence-electron chi connectivity index (χ3n) is 3.53. The second kappa shape index (κ2) is 6.23. The van der Waals surface area contributed by atoms with E-state index in [0.29, 0.717) is 0 Å². The lowest BCUT2D eigenvalue weighted by atomic mass is 10.2. The second-order valence-electron chi connectivity index (χ2n) is 4.89. The summed E-state index contributed by atoms with van der Waals surface area (Å²) in [7, 11) is -3.63. The zero-order chi connectivity index (χ0) is 14.6. The fourth-order valence-corrected chi connectivity index (χ4v) is 4.20. The largest absolute Gasteiger partial charge is 0.409 e. The second-order valence-corrected chi connectivity index (χ2v) is 6.78. The number of nitrogens with zero attached hydrogens (tertiary/aromatic N) is 2. The molecule has 110 valence electrons. The number of rotatable bonds is 5. The molecule has 1 fully saturated rings. The van der Waals surface area contributed by atoms with E-state index in [9.17, 15) is 8.42 Å². The molecule has 0 aromatic heterocycles. The minimum atomic E-state index is -3.63. The lowest BCUT2D eigenvalue weighted by molar-refractivity contribution is 0.308. The normalized spacial score (nSPS) is 17.8. The molecule has 1 saturated carbocycles. The van der Waals surface area contributed by atoms with Crippen LogP contribution in [0.3, 0.4) is 0 Å². The Kier molecular flexibility index (Phi) is 4.61. The van der Waals surface area contributed by atoms with Crippen molar-refractivity contribution in [3.8, 4) is 0 Å². The first-order valence-electron chi connectivity index (χ1n) is 6.59. The van der Waals surface area contributed by atoms with E-state index < -0.39 is 10.0 Å². The molecule has 2 rings (SSSR count). The molecule has 0 aliphatic heterocycles. The van der Waals surface area contributed by atoms with Crippen molar-refractivity contribution in [3.05, 3.63) is 30.3 Å². The summed E-state index contributed by atoms with van der Waals surface area (Å²) in [6, 6.07) is 8.17. The van der Waals surface area contributed by atoms with Crippen molar-refractivity contribution in [2.75, 3.05) is 6.54 Å². The molecular formula is C13H19N3O3S. The van der Waals surface area contributed by atoms with Gasteiger partial charge in [-0.3, -0.25) is 0 Å². The van der Waals surface area contributed by atoms with E-state index in [1.807, 2.05) is 0 Å². The van der Waals surface area contributed by atoms with Crippen LogP contribution < -0.4 is 5.73 Å². The summed E-state index contributed by atoms with van der Waals surface area (Å²) >= 11 is 0. The summed E-state index contributed by atoms with van der Waals surface area (Å²) in [6.07, 6.45) is 3.62. The van der Waals surface area contributed by atoms with Crippen LogP contribution >= 0.6 is 0 Å². The Hall–Kier alpha value is -1.60. The number of nitrogens with two attached hydrogens (primary N) is 1. The fourth-order valence-electron chi connectivity index (χ4n) is 2.52. The molecule has 0 spiro atoms. The number of hydrogen-bond donors (Lipinski definition) is 2. The van der Waals surface area contributed by atoms with Crippen molar-refractivity contribution >= 4 is 15.9 Å². The van der Waals surface area contributed by atoms with Crippen molar-refractivity contribution in [3.63, 3.8) is 0 Å². The molecule has 0 atom stereocenters. The smallest absolute Gasteiger partial charge is 0.243 e. The van der Waals surface area contributed by atoms with E-state index in [0.717, 1.165) is 25.7 Å². The molecule has 1 aliphatic rings. The van der Waals surface area contributed by atoms with Gasteiger partial charge >= 0.3 is 0 Å². The summed E-state index contributed by atoms with van der Waals surface area (Å²) in [5, 5.41) is 11.6. The third kappa shape index (κ3) is 3.10. The molecule has 1 aliphatic carbocycles. The van der Waals surface area contributed by atoms with Gasteiger partial charge in [0, 0.05) is 6.04 Å². The summed E-state index contributed by atoms with van der Waals surface area (Å²) in [5.41, 5.74) is 5.51. The van der Waals surface area contributed by atoms with Crippen LogP contribution in [0.25, 0.3) is 0 Å². The molecule has 0 amide bonds. The zero-order valence-corrected chi connectivity index (χ0v) is 12.0. The first-order chi connectivity index (χ1) is 9.55. The minimum absolute atomic E-state index is 0.0829. The number of sulfonamides is 1. The Labute approximate surface area is 118 Å². The van der Waals surface area contributed by atoms with Gasteiger partial charge < -0.3 is 10.9 Å². The van der Waals surface area contributed by atoms with E-state index in [-0.39, 0.29) is 23.3 Å². The highest BCUT2D eigenvalue weighted by Crippen LogP contribution is 2.28. The molecule has 0 radical (unpaired) electrons. The van der Waals surface area contributed by atoms with Crippen molar-refractivity contribution in [1.82, 2.24) is 4.31 Å². The summed E-state index contributed by atoms with van der Waals surface area (Å²) in [5.74, 6) is -0.101. The van der Waals surface area contributed by atoms with Crippen molar-refractivity contribution in [2.45, 2.75) is 36.6 Å². The molecule has 1 aromatic carbocycles. The molecule has 0 unspecified atom stereocenters. The molecule has 20 heavy (non-hydrogen) atoms. The lowest BCUT2D eigenvalue weighted by Crippen LogP contribution is -2.44. The predicted molar refractivity (Wildman–Crippen MR) is 76.0 cm³/mol. The van der Waals surface area contributed by atoms with Crippen LogP contribution in [0.2, 0.25) is 0 Å². The van der Waals surface area contributed by atoms with Gasteiger partial charge in [0.05, 0.1) is 11.4 Å². The highest BCUT2D eigenvalue weighted by atomic mass is 32.2. The van der Waals surface area contributed by atoms with Gasteiger partial charge in [0.2, 0.25) is 10.0 Å². The number of amidine groups is 1. The van der Waals surface area contributed by atoms with E-state index in [2.05, 4.69) is 5.16 Å². The maximum atomic E-state index is 12.7. The quantitative estimate of drug-likeness (QED) is 0.371. The van der Waals surface area contributed by atoms with E-state index >= 15 is 0 Å². The Balaban J connectivity index is 2.34. The summed E-state index contributed by atoms with van der Waals surface area (Å²) < 4.78 is 26.8. The van der Waals surface area contributed by atoms with E-state index in [4.69, 9.17) is 10.9 Å². The maximum absolute atomic E-state index is 12.7. The lowest BCUT2D eigenvalue weighted by Gasteiger charge is -2.27. The molecule has 0 heterocycles. The van der Waals surface area contributed by atoms with Crippen LogP contribution in [0.5, 0.6) is 0 Å². The standard InChI is InChI=1S/C13H19N3O3S/c14-13(15-17)10-16(11-6-4-5-7-11)20(18,19)12-8-2-1-3-9-12/h1-3,8-9,11,17H,4-7,10H2,(H2,14,15). The molecule has 0 bridgehead atoms. The monoisotopic (exact) mass is 297 g/mol. The molecule has 7 heteroatoms. The van der Waals surface area contributed by atoms with Crippen LogP contribution in [-0.2, 0) is 10.0 Å². The summed E-state index contributed by atoms with van der Waals surface area (Å²) in [4.78, 5) is 0.234. The van der Waals surface area contributed by atoms with Crippen LogP contribution in [0, 0.1) is 0 Å². The van der Waals surface area contributed by atoms with E-state index in [1.165, 1.54) is 4.31 Å². The van der Waals surface area contributed by atoms with Gasteiger partial charge in [-0.15, -0.1) is 0 Å². The maximum Gasteiger partial charge on any atom is 0.243 e. The highest BCUT2D eigenvalue weighted by Gasteiger charge is 2.33. The van der Waals surface area contributed by atoms with Crippen LogP contribution in [-0.4, -0.2) is 36.4 Å². The molecule has 1 aromatic rings. The van der Waals surface area contributed by atoms with Crippen LogP contribution in [0.4, 0.5) is 0 Å². The third-order valence-corrected chi connectivity index (χ3v) is 5.44. The SMILES string of the molecule is NC(CN(C1CCCC1)S(=O)(=O)c1ccccc1)=NO. The Bertz CT molecular complexity index is 566. The fraction of sp³-hybridized carbons (Fsp3) is 0.462. The number of oxime groups is 1. The average Bonchev–Trinajstić information content (AvgIpc) is 2.99. The van der Waals surface area contributed by atoms with E-state index in [1.54, 1.807) is 30.3 Å². The van der Waals surface area contributed by atoms with Gasteiger partial charge in [0.1, 0.15) is 0 Å². The number of hydrogen-bond acceptors (Lipinski definition) is 4. The average molecular weight is 297 g/mol. The topological polar surface area (TPSA) is 96.0 Å². The predicted octanol–water partition coefficient (Wildman–Crippen LogP) is 1.37. The van der Waals surface area contributed by atoms with Gasteiger partial charge in [-0.25, -0.2) is 8.42 Å². The van der Waals surface area contributed by atoms with Crippen LogP contribution in [0.1, 0.15) is 25.7 Å². The summed E-state index contributed by atoms with van der Waals surface area (Å²) in [6.45, 7) is -0.0849. The van der Waals surface area contributed by atoms with Gasteiger partial charge in [-0.1, -0.05) is 36.2 Å².